The van der Waals surface area contributed by atoms with E-state index in [0.717, 1.165) is 11.1 Å². The number of halogens is 4. The lowest BCUT2D eigenvalue weighted by Crippen LogP contribution is -2.14. The number of rotatable bonds is 8. The second-order valence-electron chi connectivity index (χ2n) is 5.93. The average Bonchev–Trinajstić information content (AvgIpc) is 2.68. The van der Waals surface area contributed by atoms with E-state index in [1.54, 1.807) is 25.6 Å². The predicted octanol–water partition coefficient (Wildman–Crippen LogP) is 5.60. The van der Waals surface area contributed by atoms with E-state index in [2.05, 4.69) is 10.3 Å². The predicted molar refractivity (Wildman–Crippen MR) is 118 cm³/mol. The van der Waals surface area contributed by atoms with Crippen LogP contribution in [0.1, 0.15) is 16.7 Å². The molecular weight excluding hydrogens is 438 g/mol. The Balaban J connectivity index is 0.00000210. The van der Waals surface area contributed by atoms with Crippen LogP contribution in [0.5, 0.6) is 11.5 Å². The van der Waals surface area contributed by atoms with Gasteiger partial charge in [-0.3, -0.25) is 4.98 Å². The van der Waals surface area contributed by atoms with Crippen LogP contribution >= 0.6 is 36.4 Å². The molecule has 0 spiro atoms. The number of methoxy groups -OCH3 is 1. The number of nitrogens with zero attached hydrogens (tertiary/aromatic N) is 1. The van der Waals surface area contributed by atoms with Gasteiger partial charge in [-0.25, -0.2) is 4.39 Å². The fourth-order valence-electron chi connectivity index (χ4n) is 2.66. The van der Waals surface area contributed by atoms with Gasteiger partial charge >= 0.3 is 0 Å². The monoisotopic (exact) mass is 458 g/mol. The molecule has 0 fully saturated rings. The average molecular weight is 460 g/mol. The maximum atomic E-state index is 13.2. The van der Waals surface area contributed by atoms with Crippen molar-refractivity contribution in [2.75, 3.05) is 7.11 Å². The summed E-state index contributed by atoms with van der Waals surface area (Å²) in [5.74, 6) is 0.904. The van der Waals surface area contributed by atoms with Crippen LogP contribution in [0.3, 0.4) is 0 Å². The molecule has 0 radical (unpaired) electrons. The first-order chi connectivity index (χ1) is 13.2. The van der Waals surface area contributed by atoms with E-state index in [4.69, 9.17) is 21.1 Å². The van der Waals surface area contributed by atoms with Crippen LogP contribution in [0.15, 0.2) is 60.9 Å². The summed E-state index contributed by atoms with van der Waals surface area (Å²) in [7, 11) is 1.60. The highest BCUT2D eigenvalue weighted by Gasteiger charge is 2.12. The van der Waals surface area contributed by atoms with Crippen LogP contribution in [0.4, 0.5) is 4.39 Å². The third-order valence-electron chi connectivity index (χ3n) is 4.06. The van der Waals surface area contributed by atoms with Crippen molar-refractivity contribution < 1.29 is 13.9 Å². The van der Waals surface area contributed by atoms with Gasteiger partial charge in [0.1, 0.15) is 12.4 Å². The number of nitrogens with one attached hydrogen (secondary N) is 1. The first-order valence-electron chi connectivity index (χ1n) is 8.49. The Morgan fingerprint density at radius 2 is 1.76 bits per heavy atom. The molecule has 0 aliphatic rings. The van der Waals surface area contributed by atoms with Gasteiger partial charge in [0.15, 0.2) is 11.5 Å². The lowest BCUT2D eigenvalue weighted by Gasteiger charge is -2.16. The third kappa shape index (κ3) is 7.05. The van der Waals surface area contributed by atoms with Gasteiger partial charge in [0.25, 0.3) is 0 Å². The van der Waals surface area contributed by atoms with E-state index in [9.17, 15) is 4.39 Å². The van der Waals surface area contributed by atoms with E-state index in [1.165, 1.54) is 12.1 Å². The Morgan fingerprint density at radius 1 is 1.00 bits per heavy atom. The molecule has 0 amide bonds. The lowest BCUT2D eigenvalue weighted by atomic mass is 10.1. The lowest BCUT2D eigenvalue weighted by molar-refractivity contribution is 0.280. The number of ether oxygens (including phenoxy) is 2. The van der Waals surface area contributed by atoms with E-state index >= 15 is 0 Å². The van der Waals surface area contributed by atoms with Crippen molar-refractivity contribution in [2.24, 2.45) is 0 Å². The minimum atomic E-state index is -0.373. The summed E-state index contributed by atoms with van der Waals surface area (Å²) in [5, 5.41) is 3.72. The normalized spacial score (nSPS) is 9.90. The molecule has 2 aromatic carbocycles. The van der Waals surface area contributed by atoms with Crippen LogP contribution in [0, 0.1) is 5.82 Å². The standard InChI is InChI=1S/C21H20ClFN2O2.2ClH/c1-26-20-4-2-3-16(13-25-12-15-7-9-24-10-8-15)21(20)27-14-17-5-6-18(23)11-19(17)22;;/h2-11,25H,12-14H2,1H3;2*1H. The van der Waals surface area contributed by atoms with Gasteiger partial charge in [0, 0.05) is 36.6 Å². The Kier molecular flexibility index (Phi) is 10.8. The molecule has 3 aromatic rings. The molecule has 0 aliphatic carbocycles. The largest absolute Gasteiger partial charge is 0.493 e. The maximum absolute atomic E-state index is 13.2. The highest BCUT2D eigenvalue weighted by Crippen LogP contribution is 2.32. The van der Waals surface area contributed by atoms with Crippen molar-refractivity contribution in [2.45, 2.75) is 19.7 Å². The Labute approximate surface area is 187 Å². The van der Waals surface area contributed by atoms with Crippen molar-refractivity contribution in [1.82, 2.24) is 10.3 Å². The topological polar surface area (TPSA) is 43.4 Å². The quantitative estimate of drug-likeness (QED) is 0.476. The van der Waals surface area contributed by atoms with E-state index in [0.29, 0.717) is 35.2 Å². The van der Waals surface area contributed by atoms with Gasteiger partial charge in [0.05, 0.1) is 12.1 Å². The molecular formula is C21H22Cl3FN2O2. The van der Waals surface area contributed by atoms with Crippen LogP contribution in [0.25, 0.3) is 0 Å². The van der Waals surface area contributed by atoms with Gasteiger partial charge in [0.2, 0.25) is 0 Å². The molecule has 1 N–H and O–H groups in total. The SMILES string of the molecule is COc1cccc(CNCc2ccncc2)c1OCc1ccc(F)cc1Cl.Cl.Cl. The zero-order valence-electron chi connectivity index (χ0n) is 15.7. The number of pyridine rings is 1. The minimum absolute atomic E-state index is 0. The summed E-state index contributed by atoms with van der Waals surface area (Å²) in [6.45, 7) is 1.53. The molecule has 29 heavy (non-hydrogen) atoms. The molecule has 8 heteroatoms. The summed E-state index contributed by atoms with van der Waals surface area (Å²) in [4.78, 5) is 4.02. The van der Waals surface area contributed by atoms with Gasteiger partial charge in [-0.05, 0) is 35.9 Å². The second kappa shape index (κ2) is 12.5. The first-order valence-corrected chi connectivity index (χ1v) is 8.87. The number of hydrogen-bond donors (Lipinski definition) is 1. The molecule has 0 unspecified atom stereocenters. The smallest absolute Gasteiger partial charge is 0.166 e. The summed E-state index contributed by atoms with van der Waals surface area (Å²) in [6.07, 6.45) is 3.53. The van der Waals surface area contributed by atoms with Gasteiger partial charge in [-0.2, -0.15) is 0 Å². The number of benzene rings is 2. The van der Waals surface area contributed by atoms with Crippen LogP contribution in [-0.2, 0) is 19.7 Å². The van der Waals surface area contributed by atoms with Crippen molar-refractivity contribution in [1.29, 1.82) is 0 Å². The number of aromatic nitrogens is 1. The van der Waals surface area contributed by atoms with Crippen molar-refractivity contribution in [3.63, 3.8) is 0 Å². The zero-order chi connectivity index (χ0) is 19.1. The van der Waals surface area contributed by atoms with Crippen LogP contribution in [-0.4, -0.2) is 12.1 Å². The van der Waals surface area contributed by atoms with Crippen LogP contribution in [0.2, 0.25) is 5.02 Å². The molecule has 0 saturated carbocycles. The molecule has 0 saturated heterocycles. The van der Waals surface area contributed by atoms with E-state index < -0.39 is 0 Å². The van der Waals surface area contributed by atoms with Gasteiger partial charge in [-0.1, -0.05) is 29.8 Å². The van der Waals surface area contributed by atoms with Crippen molar-refractivity contribution >= 4 is 36.4 Å². The number of para-hydroxylation sites is 1. The molecule has 156 valence electrons. The summed E-state index contributed by atoms with van der Waals surface area (Å²) in [6, 6.07) is 13.9. The van der Waals surface area contributed by atoms with Crippen LogP contribution < -0.4 is 14.8 Å². The molecule has 1 aromatic heterocycles. The second-order valence-corrected chi connectivity index (χ2v) is 6.34. The van der Waals surface area contributed by atoms with Gasteiger partial charge in [-0.15, -0.1) is 24.8 Å². The molecule has 4 nitrogen and oxygen atoms in total. The van der Waals surface area contributed by atoms with Crippen molar-refractivity contribution in [3.05, 3.63) is 88.5 Å². The first kappa shape index (κ1) is 25.0. The maximum Gasteiger partial charge on any atom is 0.166 e. The molecule has 0 atom stereocenters. The fourth-order valence-corrected chi connectivity index (χ4v) is 2.88. The van der Waals surface area contributed by atoms with E-state index in [1.807, 2.05) is 30.3 Å². The van der Waals surface area contributed by atoms with Crippen molar-refractivity contribution in [3.8, 4) is 11.5 Å². The van der Waals surface area contributed by atoms with Gasteiger partial charge < -0.3 is 14.8 Å². The zero-order valence-corrected chi connectivity index (χ0v) is 18.1. The Hall–Kier alpha value is -2.05. The summed E-state index contributed by atoms with van der Waals surface area (Å²) >= 11 is 6.09. The Morgan fingerprint density at radius 3 is 2.45 bits per heavy atom. The van der Waals surface area contributed by atoms with E-state index in [-0.39, 0.29) is 37.2 Å². The minimum Gasteiger partial charge on any atom is -0.493 e. The molecule has 0 bridgehead atoms. The number of hydrogen-bond acceptors (Lipinski definition) is 4. The molecule has 1 heterocycles. The Bertz CT molecular complexity index is 898. The highest BCUT2D eigenvalue weighted by atomic mass is 35.5. The molecule has 3 rings (SSSR count). The summed E-state index contributed by atoms with van der Waals surface area (Å²) in [5.41, 5.74) is 2.81. The molecule has 0 aliphatic heterocycles. The summed E-state index contributed by atoms with van der Waals surface area (Å²) < 4.78 is 24.6. The third-order valence-corrected chi connectivity index (χ3v) is 4.41. The highest BCUT2D eigenvalue weighted by molar-refractivity contribution is 6.31. The fraction of sp³-hybridized carbons (Fsp3) is 0.190.